The van der Waals surface area contributed by atoms with E-state index in [-0.39, 0.29) is 0 Å². The maximum atomic E-state index is 11.7. The van der Waals surface area contributed by atoms with Crippen LogP contribution in [0.5, 0.6) is 0 Å². The summed E-state index contributed by atoms with van der Waals surface area (Å²) in [5, 5.41) is 20.5. The molecule has 1 aromatic carbocycles. The number of benzene rings is 1. The lowest BCUT2D eigenvalue weighted by atomic mass is 10.1. The van der Waals surface area contributed by atoms with Gasteiger partial charge in [-0.1, -0.05) is 12.1 Å². The minimum atomic E-state index is -0.484. The Morgan fingerprint density at radius 3 is 2.47 bits per heavy atom. The molecule has 0 unspecified atom stereocenters. The van der Waals surface area contributed by atoms with Crippen molar-refractivity contribution in [1.29, 1.82) is 5.26 Å². The molecule has 0 fully saturated rings. The smallest absolute Gasteiger partial charge is 0.183 e. The summed E-state index contributed by atoms with van der Waals surface area (Å²) in [4.78, 5) is 0. The summed E-state index contributed by atoms with van der Waals surface area (Å²) in [6.07, 6.45) is 1.46. The lowest BCUT2D eigenvalue weighted by Crippen LogP contribution is -2.29. The van der Waals surface area contributed by atoms with Crippen LogP contribution in [0.4, 0.5) is 0 Å². The van der Waals surface area contributed by atoms with E-state index in [4.69, 9.17) is 5.26 Å². The van der Waals surface area contributed by atoms with Gasteiger partial charge in [0.05, 0.1) is 17.2 Å². The molecule has 0 aliphatic carbocycles. The standard InChI is InChI=1S/C12H14N2O/c1-12(2,3)14(15)9-11-7-5-4-6-10(11)8-13/h4-7,9H,1-3H3/b14-9-. The zero-order chi connectivity index (χ0) is 11.5. The Hall–Kier alpha value is -1.82. The van der Waals surface area contributed by atoms with E-state index in [1.165, 1.54) is 6.21 Å². The monoisotopic (exact) mass is 202 g/mol. The number of hydrogen-bond donors (Lipinski definition) is 0. The Bertz CT molecular complexity index is 422. The number of hydrogen-bond acceptors (Lipinski definition) is 2. The van der Waals surface area contributed by atoms with Crippen molar-refractivity contribution in [2.45, 2.75) is 26.3 Å². The van der Waals surface area contributed by atoms with Gasteiger partial charge in [-0.3, -0.25) is 0 Å². The minimum Gasteiger partial charge on any atom is -0.623 e. The van der Waals surface area contributed by atoms with Gasteiger partial charge in [0.25, 0.3) is 0 Å². The third-order valence-electron chi connectivity index (χ3n) is 2.00. The van der Waals surface area contributed by atoms with E-state index in [0.717, 1.165) is 4.74 Å². The number of hydroxylamine groups is 1. The molecule has 15 heavy (non-hydrogen) atoms. The minimum absolute atomic E-state index is 0.484. The van der Waals surface area contributed by atoms with E-state index in [2.05, 4.69) is 6.07 Å². The van der Waals surface area contributed by atoms with E-state index < -0.39 is 5.54 Å². The van der Waals surface area contributed by atoms with Crippen LogP contribution < -0.4 is 0 Å². The van der Waals surface area contributed by atoms with Gasteiger partial charge in [0.1, 0.15) is 0 Å². The summed E-state index contributed by atoms with van der Waals surface area (Å²) < 4.78 is 0.864. The molecule has 3 nitrogen and oxygen atoms in total. The predicted octanol–water partition coefficient (Wildman–Crippen LogP) is 2.29. The molecule has 78 valence electrons. The third-order valence-corrected chi connectivity index (χ3v) is 2.00. The van der Waals surface area contributed by atoms with Crippen LogP contribution in [0.15, 0.2) is 24.3 Å². The summed E-state index contributed by atoms with van der Waals surface area (Å²) in [6.45, 7) is 5.47. The summed E-state index contributed by atoms with van der Waals surface area (Å²) in [5.41, 5.74) is 0.690. The average molecular weight is 202 g/mol. The predicted molar refractivity (Wildman–Crippen MR) is 59.7 cm³/mol. The van der Waals surface area contributed by atoms with Crippen molar-refractivity contribution in [3.63, 3.8) is 0 Å². The molecule has 0 atom stereocenters. The fraction of sp³-hybridized carbons (Fsp3) is 0.333. The molecule has 0 radical (unpaired) electrons. The number of nitriles is 1. The largest absolute Gasteiger partial charge is 0.623 e. The molecule has 0 amide bonds. The highest BCUT2D eigenvalue weighted by molar-refractivity contribution is 5.79. The first-order chi connectivity index (χ1) is 6.95. The molecule has 0 aromatic heterocycles. The second kappa shape index (κ2) is 4.14. The van der Waals surface area contributed by atoms with E-state index in [0.29, 0.717) is 11.1 Å². The first-order valence-electron chi connectivity index (χ1n) is 4.75. The van der Waals surface area contributed by atoms with Gasteiger partial charge in [-0.25, -0.2) is 4.74 Å². The summed E-state index contributed by atoms with van der Waals surface area (Å²) >= 11 is 0. The highest BCUT2D eigenvalue weighted by atomic mass is 16.5. The highest BCUT2D eigenvalue weighted by Gasteiger charge is 2.18. The van der Waals surface area contributed by atoms with E-state index in [9.17, 15) is 5.21 Å². The van der Waals surface area contributed by atoms with Gasteiger partial charge in [-0.05, 0) is 12.1 Å². The van der Waals surface area contributed by atoms with Gasteiger partial charge < -0.3 is 5.21 Å². The molecule has 0 saturated heterocycles. The van der Waals surface area contributed by atoms with Crippen molar-refractivity contribution in [3.05, 3.63) is 40.6 Å². The molecule has 1 rings (SSSR count). The zero-order valence-corrected chi connectivity index (χ0v) is 9.19. The van der Waals surface area contributed by atoms with Gasteiger partial charge in [0.2, 0.25) is 0 Å². The molecule has 1 aromatic rings. The summed E-state index contributed by atoms with van der Waals surface area (Å²) in [6, 6.07) is 9.10. The quantitative estimate of drug-likeness (QED) is 0.303. The fourth-order valence-corrected chi connectivity index (χ4v) is 1.03. The van der Waals surface area contributed by atoms with Crippen LogP contribution in [0.2, 0.25) is 0 Å². The molecular formula is C12H14N2O. The second-order valence-electron chi connectivity index (χ2n) is 4.32. The number of rotatable bonds is 1. The first kappa shape index (κ1) is 11.3. The van der Waals surface area contributed by atoms with Gasteiger partial charge in [0.15, 0.2) is 11.8 Å². The first-order valence-corrected chi connectivity index (χ1v) is 4.75. The zero-order valence-electron chi connectivity index (χ0n) is 9.19. The van der Waals surface area contributed by atoms with Crippen molar-refractivity contribution >= 4 is 6.21 Å². The van der Waals surface area contributed by atoms with Gasteiger partial charge in [-0.2, -0.15) is 5.26 Å². The molecule has 0 heterocycles. The van der Waals surface area contributed by atoms with Gasteiger partial charge in [0, 0.05) is 20.8 Å². The maximum absolute atomic E-state index is 11.7. The van der Waals surface area contributed by atoms with E-state index in [1.807, 2.05) is 26.8 Å². The topological polar surface area (TPSA) is 49.9 Å². The Balaban J connectivity index is 3.15. The Kier molecular flexibility index (Phi) is 3.11. The van der Waals surface area contributed by atoms with Crippen LogP contribution >= 0.6 is 0 Å². The van der Waals surface area contributed by atoms with Crippen molar-refractivity contribution in [2.24, 2.45) is 0 Å². The van der Waals surface area contributed by atoms with Crippen LogP contribution in [0.3, 0.4) is 0 Å². The normalized spacial score (nSPS) is 12.3. The highest BCUT2D eigenvalue weighted by Crippen LogP contribution is 2.08. The average Bonchev–Trinajstić information content (AvgIpc) is 2.17. The fourth-order valence-electron chi connectivity index (χ4n) is 1.03. The van der Waals surface area contributed by atoms with Crippen LogP contribution in [0.25, 0.3) is 0 Å². The van der Waals surface area contributed by atoms with Crippen molar-refractivity contribution in [3.8, 4) is 6.07 Å². The van der Waals surface area contributed by atoms with Crippen molar-refractivity contribution in [1.82, 2.24) is 0 Å². The number of nitrogens with zero attached hydrogens (tertiary/aromatic N) is 2. The van der Waals surface area contributed by atoms with Crippen LogP contribution in [-0.2, 0) is 0 Å². The third kappa shape index (κ3) is 2.81. The Morgan fingerprint density at radius 1 is 1.33 bits per heavy atom. The molecule has 0 aliphatic rings. The molecule has 0 bridgehead atoms. The SMILES string of the molecule is CC(C)(C)/[N+]([O-])=C/c1ccccc1C#N. The molecule has 0 aliphatic heterocycles. The molecular weight excluding hydrogens is 188 g/mol. The van der Waals surface area contributed by atoms with Gasteiger partial charge >= 0.3 is 0 Å². The van der Waals surface area contributed by atoms with Crippen LogP contribution in [-0.4, -0.2) is 16.5 Å². The second-order valence-corrected chi connectivity index (χ2v) is 4.32. The van der Waals surface area contributed by atoms with E-state index in [1.54, 1.807) is 18.2 Å². The van der Waals surface area contributed by atoms with Crippen molar-refractivity contribution < 1.29 is 4.74 Å². The van der Waals surface area contributed by atoms with Gasteiger partial charge in [-0.15, -0.1) is 0 Å². The van der Waals surface area contributed by atoms with Crippen molar-refractivity contribution in [2.75, 3.05) is 0 Å². The molecule has 0 saturated carbocycles. The lowest BCUT2D eigenvalue weighted by Gasteiger charge is -2.18. The summed E-state index contributed by atoms with van der Waals surface area (Å²) in [7, 11) is 0. The lowest BCUT2D eigenvalue weighted by molar-refractivity contribution is -0.530. The summed E-state index contributed by atoms with van der Waals surface area (Å²) in [5.74, 6) is 0. The van der Waals surface area contributed by atoms with Crippen LogP contribution in [0.1, 0.15) is 31.9 Å². The molecule has 0 N–H and O–H groups in total. The molecule has 0 spiro atoms. The molecule has 3 heteroatoms. The van der Waals surface area contributed by atoms with E-state index >= 15 is 0 Å². The Labute approximate surface area is 89.9 Å². The van der Waals surface area contributed by atoms with Crippen LogP contribution in [0, 0.1) is 16.5 Å². The Morgan fingerprint density at radius 2 is 1.93 bits per heavy atom. The maximum Gasteiger partial charge on any atom is 0.183 e.